The van der Waals surface area contributed by atoms with Crippen molar-refractivity contribution >= 4 is 0 Å². The Morgan fingerprint density at radius 2 is 2.09 bits per heavy atom. The van der Waals surface area contributed by atoms with Crippen molar-refractivity contribution in [3.8, 4) is 11.6 Å². The summed E-state index contributed by atoms with van der Waals surface area (Å²) in [6, 6.07) is 10.4. The largest absolute Gasteiger partial charge is 0.337 e. The Bertz CT molecular complexity index is 694. The summed E-state index contributed by atoms with van der Waals surface area (Å²) in [4.78, 5) is 10.5. The van der Waals surface area contributed by atoms with E-state index in [2.05, 4.69) is 61.4 Å². The number of benzene rings is 1. The molecule has 0 saturated heterocycles. The van der Waals surface area contributed by atoms with Gasteiger partial charge in [0.15, 0.2) is 5.82 Å². The van der Waals surface area contributed by atoms with E-state index in [0.717, 1.165) is 6.54 Å². The summed E-state index contributed by atoms with van der Waals surface area (Å²) in [5.74, 6) is 1.93. The van der Waals surface area contributed by atoms with Crippen LogP contribution in [0.15, 0.2) is 41.2 Å². The third-order valence-electron chi connectivity index (χ3n) is 3.45. The van der Waals surface area contributed by atoms with Gasteiger partial charge in [-0.1, -0.05) is 42.4 Å². The maximum atomic E-state index is 5.26. The Morgan fingerprint density at radius 3 is 2.82 bits per heavy atom. The van der Waals surface area contributed by atoms with Gasteiger partial charge >= 0.3 is 0 Å². The summed E-state index contributed by atoms with van der Waals surface area (Å²) in [5.41, 5.74) is 1.32. The van der Waals surface area contributed by atoms with Crippen molar-refractivity contribution in [2.75, 3.05) is 13.6 Å². The lowest BCUT2D eigenvalue weighted by Crippen LogP contribution is -2.23. The molecule has 0 saturated carbocycles. The quantitative estimate of drug-likeness (QED) is 0.750. The topological polar surface area (TPSA) is 83.7 Å². The molecule has 3 rings (SSSR count). The fourth-order valence-electron chi connectivity index (χ4n) is 2.38. The van der Waals surface area contributed by atoms with Crippen LogP contribution in [-0.4, -0.2) is 43.8 Å². The van der Waals surface area contributed by atoms with E-state index in [1.807, 2.05) is 13.1 Å². The molecule has 3 aromatic rings. The molecule has 7 heteroatoms. The van der Waals surface area contributed by atoms with Crippen LogP contribution in [0.5, 0.6) is 0 Å². The number of rotatable bonds is 6. The fourth-order valence-corrected chi connectivity index (χ4v) is 2.38. The number of aromatic nitrogens is 5. The van der Waals surface area contributed by atoms with E-state index in [-0.39, 0.29) is 0 Å². The zero-order valence-electron chi connectivity index (χ0n) is 12.6. The van der Waals surface area contributed by atoms with Crippen LogP contribution < -0.4 is 0 Å². The van der Waals surface area contributed by atoms with Gasteiger partial charge in [-0.2, -0.15) is 10.1 Å². The van der Waals surface area contributed by atoms with E-state index in [1.165, 1.54) is 11.9 Å². The summed E-state index contributed by atoms with van der Waals surface area (Å²) in [6.45, 7) is 3.71. The fraction of sp³-hybridized carbons (Fsp3) is 0.333. The predicted molar refractivity (Wildman–Crippen MR) is 80.9 cm³/mol. The van der Waals surface area contributed by atoms with Crippen LogP contribution in [0.3, 0.4) is 0 Å². The normalized spacial score (nSPS) is 12.7. The maximum Gasteiger partial charge on any atom is 0.241 e. The molecular weight excluding hydrogens is 280 g/mol. The van der Waals surface area contributed by atoms with Gasteiger partial charge in [0.25, 0.3) is 0 Å². The second-order valence-corrected chi connectivity index (χ2v) is 5.35. The zero-order chi connectivity index (χ0) is 15.4. The molecule has 0 aliphatic carbocycles. The van der Waals surface area contributed by atoms with Crippen molar-refractivity contribution in [1.29, 1.82) is 0 Å². The summed E-state index contributed by atoms with van der Waals surface area (Å²) >= 11 is 0. The Morgan fingerprint density at radius 1 is 1.27 bits per heavy atom. The van der Waals surface area contributed by atoms with E-state index >= 15 is 0 Å². The summed E-state index contributed by atoms with van der Waals surface area (Å²) in [6.07, 6.45) is 1.42. The van der Waals surface area contributed by atoms with Gasteiger partial charge in [0, 0.05) is 6.54 Å². The van der Waals surface area contributed by atoms with Gasteiger partial charge in [-0.25, -0.2) is 4.98 Å². The first-order valence-corrected chi connectivity index (χ1v) is 7.14. The van der Waals surface area contributed by atoms with E-state index in [0.29, 0.717) is 30.0 Å². The molecule has 0 amide bonds. The second kappa shape index (κ2) is 6.48. The zero-order valence-corrected chi connectivity index (χ0v) is 12.6. The molecule has 0 unspecified atom stereocenters. The second-order valence-electron chi connectivity index (χ2n) is 5.35. The SMILES string of the molecule is C[C@@H](CN(C)Cc1nc(-c2ncn[nH]2)no1)c1ccccc1. The van der Waals surface area contributed by atoms with E-state index in [4.69, 9.17) is 4.52 Å². The first-order chi connectivity index (χ1) is 10.7. The van der Waals surface area contributed by atoms with E-state index < -0.39 is 0 Å². The average molecular weight is 298 g/mol. The molecule has 0 aliphatic heterocycles. The van der Waals surface area contributed by atoms with Crippen LogP contribution >= 0.6 is 0 Å². The monoisotopic (exact) mass is 298 g/mol. The Kier molecular flexibility index (Phi) is 4.24. The summed E-state index contributed by atoms with van der Waals surface area (Å²) < 4.78 is 5.26. The highest BCUT2D eigenvalue weighted by molar-refractivity contribution is 5.39. The molecule has 2 aromatic heterocycles. The van der Waals surface area contributed by atoms with Gasteiger partial charge in [-0.05, 0) is 18.5 Å². The Hall–Kier alpha value is -2.54. The lowest BCUT2D eigenvalue weighted by molar-refractivity contribution is 0.257. The van der Waals surface area contributed by atoms with Gasteiger partial charge < -0.3 is 4.52 Å². The average Bonchev–Trinajstić information content (AvgIpc) is 3.19. The number of nitrogens with zero attached hydrogens (tertiary/aromatic N) is 5. The number of H-pyrrole nitrogens is 1. The molecule has 0 bridgehead atoms. The number of hydrogen-bond donors (Lipinski definition) is 1. The van der Waals surface area contributed by atoms with Crippen molar-refractivity contribution in [1.82, 2.24) is 30.2 Å². The smallest absolute Gasteiger partial charge is 0.241 e. The molecule has 0 fully saturated rings. The van der Waals surface area contributed by atoms with Crippen molar-refractivity contribution in [2.45, 2.75) is 19.4 Å². The standard InChI is InChI=1S/C15H18N6O/c1-11(12-6-4-3-5-7-12)8-21(2)9-13-18-15(20-22-13)14-16-10-17-19-14/h3-7,10-11H,8-9H2,1-2H3,(H,16,17,19)/t11-/m0/s1. The minimum absolute atomic E-state index is 0.428. The molecule has 2 heterocycles. The van der Waals surface area contributed by atoms with Crippen molar-refractivity contribution < 1.29 is 4.52 Å². The molecule has 1 aromatic carbocycles. The highest BCUT2D eigenvalue weighted by Crippen LogP contribution is 2.17. The molecule has 114 valence electrons. The molecule has 7 nitrogen and oxygen atoms in total. The molecule has 1 atom stereocenters. The number of likely N-dealkylation sites (N-methyl/N-ethyl adjacent to an activating group) is 1. The molecule has 22 heavy (non-hydrogen) atoms. The van der Waals surface area contributed by atoms with Gasteiger partial charge in [0.05, 0.1) is 6.54 Å². The third kappa shape index (κ3) is 3.37. The number of hydrogen-bond acceptors (Lipinski definition) is 6. The van der Waals surface area contributed by atoms with Crippen LogP contribution in [-0.2, 0) is 6.54 Å². The van der Waals surface area contributed by atoms with Crippen LogP contribution in [0.2, 0.25) is 0 Å². The minimum Gasteiger partial charge on any atom is -0.337 e. The summed E-state index contributed by atoms with van der Waals surface area (Å²) in [7, 11) is 2.04. The van der Waals surface area contributed by atoms with Crippen molar-refractivity contribution in [3.63, 3.8) is 0 Å². The van der Waals surface area contributed by atoms with Crippen molar-refractivity contribution in [3.05, 3.63) is 48.1 Å². The summed E-state index contributed by atoms with van der Waals surface area (Å²) in [5, 5.41) is 10.4. The number of aromatic amines is 1. The van der Waals surface area contributed by atoms with Crippen molar-refractivity contribution in [2.24, 2.45) is 0 Å². The van der Waals surface area contributed by atoms with Crippen LogP contribution in [0.1, 0.15) is 24.3 Å². The van der Waals surface area contributed by atoms with Gasteiger partial charge in [0.1, 0.15) is 6.33 Å². The predicted octanol–water partition coefficient (Wildman–Crippen LogP) is 2.09. The lowest BCUT2D eigenvalue weighted by atomic mass is 10.0. The molecule has 1 N–H and O–H groups in total. The molecule has 0 aliphatic rings. The van der Waals surface area contributed by atoms with Crippen LogP contribution in [0, 0.1) is 0 Å². The highest BCUT2D eigenvalue weighted by Gasteiger charge is 2.14. The molecule has 0 spiro atoms. The lowest BCUT2D eigenvalue weighted by Gasteiger charge is -2.19. The van der Waals surface area contributed by atoms with Gasteiger partial charge in [-0.3, -0.25) is 10.00 Å². The van der Waals surface area contributed by atoms with Gasteiger partial charge in [-0.15, -0.1) is 0 Å². The highest BCUT2D eigenvalue weighted by atomic mass is 16.5. The minimum atomic E-state index is 0.428. The van der Waals surface area contributed by atoms with Gasteiger partial charge in [0.2, 0.25) is 11.7 Å². The first-order valence-electron chi connectivity index (χ1n) is 7.14. The first kappa shape index (κ1) is 14.4. The molecule has 0 radical (unpaired) electrons. The number of nitrogens with one attached hydrogen (secondary N) is 1. The third-order valence-corrected chi connectivity index (χ3v) is 3.45. The van der Waals surface area contributed by atoms with Crippen LogP contribution in [0.4, 0.5) is 0 Å². The van der Waals surface area contributed by atoms with E-state index in [1.54, 1.807) is 0 Å². The Balaban J connectivity index is 1.59. The van der Waals surface area contributed by atoms with Crippen LogP contribution in [0.25, 0.3) is 11.6 Å². The maximum absolute atomic E-state index is 5.26. The Labute approximate surface area is 128 Å². The van der Waals surface area contributed by atoms with E-state index in [9.17, 15) is 0 Å². The molecular formula is C15H18N6O.